The summed E-state index contributed by atoms with van der Waals surface area (Å²) in [7, 11) is 1.32. The molecule has 3 heteroatoms. The molecular weight excluding hydrogens is 132 g/mol. The van der Waals surface area contributed by atoms with E-state index in [9.17, 15) is 4.79 Å². The molecule has 0 aliphatic heterocycles. The molecule has 0 saturated carbocycles. The lowest BCUT2D eigenvalue weighted by Crippen LogP contribution is -1.97. The molecular formula is C7H7O3. The second-order valence-electron chi connectivity index (χ2n) is 1.79. The summed E-state index contributed by atoms with van der Waals surface area (Å²) in [5.74, 6) is 0.0547. The average Bonchev–Trinajstić information content (AvgIpc) is 2.34. The highest BCUT2D eigenvalue weighted by atomic mass is 16.5. The number of hydrogen-bond donors (Lipinski definition) is 0. The quantitative estimate of drug-likeness (QED) is 0.549. The molecule has 0 atom stereocenters. The molecule has 1 radical (unpaired) electrons. The van der Waals surface area contributed by atoms with E-state index >= 15 is 0 Å². The fourth-order valence-electron chi connectivity index (χ4n) is 0.606. The second kappa shape index (κ2) is 2.56. The van der Waals surface area contributed by atoms with Crippen molar-refractivity contribution < 1.29 is 13.9 Å². The lowest BCUT2D eigenvalue weighted by Gasteiger charge is -1.89. The van der Waals surface area contributed by atoms with Gasteiger partial charge in [0, 0.05) is 6.92 Å². The Morgan fingerprint density at radius 2 is 2.50 bits per heavy atom. The van der Waals surface area contributed by atoms with Gasteiger partial charge in [0.1, 0.15) is 12.0 Å². The van der Waals surface area contributed by atoms with Crippen molar-refractivity contribution in [3.8, 4) is 0 Å². The smallest absolute Gasteiger partial charge is 0.341 e. The van der Waals surface area contributed by atoms with Crippen LogP contribution in [0.4, 0.5) is 0 Å². The molecule has 0 N–H and O–H groups in total. The summed E-state index contributed by atoms with van der Waals surface area (Å²) >= 11 is 0. The van der Waals surface area contributed by atoms with E-state index in [2.05, 4.69) is 11.7 Å². The van der Waals surface area contributed by atoms with Gasteiger partial charge < -0.3 is 9.15 Å². The van der Waals surface area contributed by atoms with Crippen molar-refractivity contribution in [3.63, 3.8) is 0 Å². The maximum atomic E-state index is 10.7. The highest BCUT2D eigenvalue weighted by Crippen LogP contribution is 2.06. The van der Waals surface area contributed by atoms with Crippen molar-refractivity contribution in [1.29, 1.82) is 0 Å². The van der Waals surface area contributed by atoms with E-state index in [0.717, 1.165) is 0 Å². The number of hydrogen-bond acceptors (Lipinski definition) is 3. The fourth-order valence-corrected chi connectivity index (χ4v) is 0.606. The van der Waals surface area contributed by atoms with Gasteiger partial charge in [0.2, 0.25) is 0 Å². The van der Waals surface area contributed by atoms with Crippen LogP contribution in [-0.2, 0) is 4.74 Å². The molecule has 0 saturated heterocycles. The van der Waals surface area contributed by atoms with Gasteiger partial charge in [0.25, 0.3) is 0 Å². The van der Waals surface area contributed by atoms with Gasteiger partial charge in [-0.25, -0.2) is 4.79 Å². The lowest BCUT2D eigenvalue weighted by atomic mass is 10.3. The average molecular weight is 139 g/mol. The molecule has 0 amide bonds. The van der Waals surface area contributed by atoms with Gasteiger partial charge in [-0.3, -0.25) is 0 Å². The summed E-state index contributed by atoms with van der Waals surface area (Å²) in [6, 6.07) is 1.52. The highest BCUT2D eigenvalue weighted by Gasteiger charge is 2.06. The van der Waals surface area contributed by atoms with Crippen LogP contribution < -0.4 is 0 Å². The second-order valence-corrected chi connectivity index (χ2v) is 1.79. The minimum absolute atomic E-state index is 0.396. The van der Waals surface area contributed by atoms with Crippen LogP contribution in [-0.4, -0.2) is 13.1 Å². The van der Waals surface area contributed by atoms with Gasteiger partial charge in [0.05, 0.1) is 12.7 Å². The third-order valence-electron chi connectivity index (χ3n) is 1.07. The van der Waals surface area contributed by atoms with Gasteiger partial charge in [0.15, 0.2) is 0 Å². The van der Waals surface area contributed by atoms with Crippen LogP contribution in [0.5, 0.6) is 0 Å². The monoisotopic (exact) mass is 139 g/mol. The van der Waals surface area contributed by atoms with Crippen molar-refractivity contribution in [2.75, 3.05) is 7.11 Å². The van der Waals surface area contributed by atoms with Crippen LogP contribution in [0.1, 0.15) is 16.1 Å². The Kier molecular flexibility index (Phi) is 1.76. The normalized spacial score (nSPS) is 9.40. The van der Waals surface area contributed by atoms with Crippen LogP contribution in [0.2, 0.25) is 0 Å². The molecule has 1 rings (SSSR count). The number of rotatable bonds is 1. The van der Waals surface area contributed by atoms with Crippen LogP contribution in [0.3, 0.4) is 0 Å². The molecule has 53 valence electrons. The molecule has 3 nitrogen and oxygen atoms in total. The molecule has 1 heterocycles. The Labute approximate surface area is 58.6 Å². The van der Waals surface area contributed by atoms with Crippen LogP contribution in [0.15, 0.2) is 16.7 Å². The van der Waals surface area contributed by atoms with Gasteiger partial charge in [-0.05, 0) is 6.07 Å². The zero-order valence-corrected chi connectivity index (χ0v) is 5.59. The summed E-state index contributed by atoms with van der Waals surface area (Å²) in [5.41, 5.74) is 0.396. The highest BCUT2D eigenvalue weighted by molar-refractivity contribution is 5.88. The Morgan fingerprint density at radius 3 is 2.90 bits per heavy atom. The fraction of sp³-hybridized carbons (Fsp3) is 0.143. The molecule has 0 aliphatic carbocycles. The van der Waals surface area contributed by atoms with Crippen molar-refractivity contribution in [2.24, 2.45) is 0 Å². The summed E-state index contributed by atoms with van der Waals surface area (Å²) < 4.78 is 9.20. The number of methoxy groups -OCH3 is 1. The lowest BCUT2D eigenvalue weighted by molar-refractivity contribution is 0.0600. The van der Waals surface area contributed by atoms with Gasteiger partial charge in [-0.1, -0.05) is 0 Å². The Balaban J connectivity index is 2.85. The van der Waals surface area contributed by atoms with Gasteiger partial charge in [-0.2, -0.15) is 0 Å². The predicted molar refractivity (Wildman–Crippen MR) is 34.5 cm³/mol. The molecule has 0 aromatic carbocycles. The molecule has 0 spiro atoms. The Morgan fingerprint density at radius 1 is 1.80 bits per heavy atom. The van der Waals surface area contributed by atoms with Gasteiger partial charge in [-0.15, -0.1) is 0 Å². The van der Waals surface area contributed by atoms with Crippen LogP contribution in [0, 0.1) is 6.92 Å². The topological polar surface area (TPSA) is 39.4 Å². The number of carbonyl (C=O) groups is 1. The van der Waals surface area contributed by atoms with Crippen LogP contribution in [0.25, 0.3) is 0 Å². The minimum Gasteiger partial charge on any atom is -0.468 e. The number of ether oxygens (including phenoxy) is 1. The minimum atomic E-state index is -0.404. The first-order chi connectivity index (χ1) is 4.74. The molecule has 1 aromatic rings. The maximum absolute atomic E-state index is 10.7. The van der Waals surface area contributed by atoms with E-state index in [4.69, 9.17) is 4.42 Å². The van der Waals surface area contributed by atoms with Gasteiger partial charge >= 0.3 is 5.97 Å². The Bertz CT molecular complexity index is 237. The molecule has 0 bridgehead atoms. The zero-order chi connectivity index (χ0) is 7.56. The first-order valence-electron chi connectivity index (χ1n) is 2.73. The number of furan rings is 1. The first-order valence-corrected chi connectivity index (χ1v) is 2.73. The van der Waals surface area contributed by atoms with E-state index in [0.29, 0.717) is 11.3 Å². The number of esters is 1. The van der Waals surface area contributed by atoms with Crippen molar-refractivity contribution in [2.45, 2.75) is 0 Å². The van der Waals surface area contributed by atoms with E-state index in [1.165, 1.54) is 19.4 Å². The Hall–Kier alpha value is -1.25. The van der Waals surface area contributed by atoms with E-state index in [-0.39, 0.29) is 0 Å². The van der Waals surface area contributed by atoms with Crippen molar-refractivity contribution in [1.82, 2.24) is 0 Å². The van der Waals surface area contributed by atoms with Crippen molar-refractivity contribution in [3.05, 3.63) is 30.6 Å². The third-order valence-corrected chi connectivity index (χ3v) is 1.07. The third kappa shape index (κ3) is 1.18. The van der Waals surface area contributed by atoms with E-state index < -0.39 is 5.97 Å². The van der Waals surface area contributed by atoms with E-state index in [1.807, 2.05) is 0 Å². The summed E-state index contributed by atoms with van der Waals surface area (Å²) in [6.45, 7) is 3.48. The predicted octanol–water partition coefficient (Wildman–Crippen LogP) is 1.25. The standard InChI is InChI=1S/C7H7O3/c1-5-3-6(4-10-5)7(8)9-2/h3-4H,1H2,2H3. The first kappa shape index (κ1) is 6.86. The summed E-state index contributed by atoms with van der Waals surface area (Å²) in [4.78, 5) is 10.7. The zero-order valence-electron chi connectivity index (χ0n) is 5.59. The number of carbonyl (C=O) groups excluding carboxylic acids is 1. The molecule has 0 aliphatic rings. The SMILES string of the molecule is [CH2]c1cc(C(=O)OC)co1. The van der Waals surface area contributed by atoms with Crippen molar-refractivity contribution >= 4 is 5.97 Å². The molecule has 0 fully saturated rings. The molecule has 1 aromatic heterocycles. The largest absolute Gasteiger partial charge is 0.468 e. The molecule has 10 heavy (non-hydrogen) atoms. The van der Waals surface area contributed by atoms with E-state index in [1.54, 1.807) is 0 Å². The summed E-state index contributed by atoms with van der Waals surface area (Å²) in [5, 5.41) is 0. The maximum Gasteiger partial charge on any atom is 0.341 e. The molecule has 0 unspecified atom stereocenters. The van der Waals surface area contributed by atoms with Crippen LogP contribution >= 0.6 is 0 Å². The summed E-state index contributed by atoms with van der Waals surface area (Å²) in [6.07, 6.45) is 1.31.